The summed E-state index contributed by atoms with van der Waals surface area (Å²) in [5.74, 6) is 0.536. The summed E-state index contributed by atoms with van der Waals surface area (Å²) in [6.45, 7) is 11.8. The summed E-state index contributed by atoms with van der Waals surface area (Å²) < 4.78 is 50.1. The molecule has 0 heterocycles. The Morgan fingerprint density at radius 1 is 1.03 bits per heavy atom. The first-order chi connectivity index (χ1) is 15.4. The van der Waals surface area contributed by atoms with E-state index in [-0.39, 0.29) is 25.1 Å². The van der Waals surface area contributed by atoms with Crippen LogP contribution in [0.5, 0.6) is 5.75 Å². The molecule has 12 heteroatoms. The second-order valence-corrected chi connectivity index (χ2v) is 11.0. The highest BCUT2D eigenvalue weighted by molar-refractivity contribution is 7.87. The molecule has 11 nitrogen and oxygen atoms in total. The van der Waals surface area contributed by atoms with Crippen molar-refractivity contribution in [3.63, 3.8) is 0 Å². The summed E-state index contributed by atoms with van der Waals surface area (Å²) in [5.41, 5.74) is 1.09. The molecule has 1 aromatic rings. The molecule has 1 aromatic carbocycles. The third-order valence-electron chi connectivity index (χ3n) is 4.26. The second kappa shape index (κ2) is 11.6. The van der Waals surface area contributed by atoms with E-state index >= 15 is 0 Å². The highest BCUT2D eigenvalue weighted by atomic mass is 32.2. The smallest absolute Gasteiger partial charge is 0.429 e. The van der Waals surface area contributed by atoms with Crippen molar-refractivity contribution in [1.82, 2.24) is 10.4 Å². The van der Waals surface area contributed by atoms with Crippen molar-refractivity contribution < 1.29 is 36.8 Å². The molecule has 1 unspecified atom stereocenters. The van der Waals surface area contributed by atoms with Gasteiger partial charge < -0.3 is 14.2 Å². The lowest BCUT2D eigenvalue weighted by molar-refractivity contribution is -0.00863. The lowest BCUT2D eigenvalue weighted by Crippen LogP contribution is -2.53. The minimum atomic E-state index is -4.54. The summed E-state index contributed by atoms with van der Waals surface area (Å²) in [6.07, 6.45) is -1.09. The number of hydrogen-bond donors (Lipinski definition) is 2. The molecule has 0 aliphatic carbocycles. The Balaban J connectivity index is 2.94. The molecule has 0 fully saturated rings. The fourth-order valence-electron chi connectivity index (χ4n) is 2.83. The molecule has 0 bridgehead atoms. The van der Waals surface area contributed by atoms with Gasteiger partial charge in [-0.15, -0.1) is 0 Å². The van der Waals surface area contributed by atoms with Gasteiger partial charge >= 0.3 is 22.5 Å². The number of anilines is 1. The molecule has 2 amide bonds. The summed E-state index contributed by atoms with van der Waals surface area (Å²) in [5, 5.41) is 1.02. The van der Waals surface area contributed by atoms with E-state index in [9.17, 15) is 22.6 Å². The Kier molecular flexibility index (Phi) is 10.0. The number of hydrazine groups is 1. The van der Waals surface area contributed by atoms with E-state index in [4.69, 9.17) is 14.2 Å². The monoisotopic (exact) mass is 503 g/mol. The standard InChI is InChI=1S/C22H37N3O8S/c1-16(25(20(27)33-22(5,6)7)23-19(26)32-21(2,3)4)10-9-15-24(34(28,29)30)17-11-13-18(31-8)14-12-17/h11-14,16H,9-10,15H2,1-8H3,(H,23,26)(H,28,29,30). The summed E-state index contributed by atoms with van der Waals surface area (Å²) >= 11 is 0. The zero-order valence-electron chi connectivity index (χ0n) is 21.1. The van der Waals surface area contributed by atoms with Gasteiger partial charge in [-0.25, -0.2) is 24.3 Å². The number of carbonyl (C=O) groups is 2. The molecule has 34 heavy (non-hydrogen) atoms. The number of carbonyl (C=O) groups excluding carboxylic acids is 2. The Hall–Kier alpha value is -2.73. The van der Waals surface area contributed by atoms with Crippen molar-refractivity contribution in [2.75, 3.05) is 18.0 Å². The molecule has 0 spiro atoms. The predicted octanol–water partition coefficient (Wildman–Crippen LogP) is 4.15. The fraction of sp³-hybridized carbons (Fsp3) is 0.636. The Morgan fingerprint density at radius 2 is 1.56 bits per heavy atom. The lowest BCUT2D eigenvalue weighted by Gasteiger charge is -2.32. The molecule has 2 N–H and O–H groups in total. The van der Waals surface area contributed by atoms with Crippen LogP contribution in [0.15, 0.2) is 24.3 Å². The lowest BCUT2D eigenvalue weighted by atomic mass is 10.1. The van der Waals surface area contributed by atoms with Crippen LogP contribution in [0.25, 0.3) is 0 Å². The normalized spacial score (nSPS) is 13.0. The van der Waals surface area contributed by atoms with Crippen molar-refractivity contribution in [3.8, 4) is 5.75 Å². The molecule has 0 saturated heterocycles. The van der Waals surface area contributed by atoms with Crippen LogP contribution in [0.1, 0.15) is 61.3 Å². The quantitative estimate of drug-likeness (QED) is 0.399. The van der Waals surface area contributed by atoms with E-state index in [0.29, 0.717) is 5.75 Å². The number of benzene rings is 1. The Labute approximate surface area is 202 Å². The molecule has 0 saturated carbocycles. The molecular formula is C22H37N3O8S. The van der Waals surface area contributed by atoms with Gasteiger partial charge in [-0.1, -0.05) is 0 Å². The predicted molar refractivity (Wildman–Crippen MR) is 128 cm³/mol. The number of rotatable bonds is 8. The first-order valence-electron chi connectivity index (χ1n) is 10.8. The maximum atomic E-state index is 12.7. The van der Waals surface area contributed by atoms with Gasteiger partial charge in [0.25, 0.3) is 0 Å². The first kappa shape index (κ1) is 29.3. The number of nitrogens with one attached hydrogen (secondary N) is 1. The van der Waals surface area contributed by atoms with Crippen LogP contribution in [0.4, 0.5) is 15.3 Å². The van der Waals surface area contributed by atoms with Gasteiger partial charge in [-0.05, 0) is 85.6 Å². The largest absolute Gasteiger partial charge is 0.497 e. The molecule has 1 atom stereocenters. The molecule has 194 valence electrons. The average Bonchev–Trinajstić information content (AvgIpc) is 2.65. The van der Waals surface area contributed by atoms with Crippen LogP contribution in [0.3, 0.4) is 0 Å². The zero-order valence-corrected chi connectivity index (χ0v) is 21.9. The van der Waals surface area contributed by atoms with Crippen molar-refractivity contribution in [1.29, 1.82) is 0 Å². The number of ether oxygens (including phenoxy) is 3. The number of amides is 2. The van der Waals surface area contributed by atoms with Gasteiger partial charge in [0.05, 0.1) is 18.8 Å². The zero-order chi connectivity index (χ0) is 26.3. The van der Waals surface area contributed by atoms with Crippen LogP contribution in [0, 0.1) is 0 Å². The van der Waals surface area contributed by atoms with Crippen molar-refractivity contribution in [3.05, 3.63) is 24.3 Å². The minimum absolute atomic E-state index is 0.0654. The third-order valence-corrected chi connectivity index (χ3v) is 5.21. The summed E-state index contributed by atoms with van der Waals surface area (Å²) in [6, 6.07) is 5.58. The van der Waals surface area contributed by atoms with E-state index < -0.39 is 39.7 Å². The third kappa shape index (κ3) is 10.5. The maximum absolute atomic E-state index is 12.7. The topological polar surface area (TPSA) is 135 Å². The van der Waals surface area contributed by atoms with Crippen LogP contribution in [0.2, 0.25) is 0 Å². The number of methoxy groups -OCH3 is 1. The molecular weight excluding hydrogens is 466 g/mol. The van der Waals surface area contributed by atoms with Gasteiger partial charge in [-0.2, -0.15) is 8.42 Å². The Bertz CT molecular complexity index is 921. The summed E-state index contributed by atoms with van der Waals surface area (Å²) in [4.78, 5) is 25.0. The minimum Gasteiger partial charge on any atom is -0.497 e. The highest BCUT2D eigenvalue weighted by Crippen LogP contribution is 2.22. The first-order valence-corrected chi connectivity index (χ1v) is 12.2. The Morgan fingerprint density at radius 3 is 2.00 bits per heavy atom. The fourth-order valence-corrected chi connectivity index (χ4v) is 3.58. The van der Waals surface area contributed by atoms with Crippen LogP contribution < -0.4 is 14.5 Å². The maximum Gasteiger partial charge on any atom is 0.429 e. The highest BCUT2D eigenvalue weighted by Gasteiger charge is 2.30. The molecule has 0 aliphatic heterocycles. The van der Waals surface area contributed by atoms with E-state index in [0.717, 1.165) is 9.31 Å². The van der Waals surface area contributed by atoms with Gasteiger partial charge in [0, 0.05) is 6.54 Å². The number of nitrogens with zero attached hydrogens (tertiary/aromatic N) is 2. The molecule has 0 aromatic heterocycles. The van der Waals surface area contributed by atoms with Gasteiger partial charge in [0.2, 0.25) is 0 Å². The van der Waals surface area contributed by atoms with Crippen LogP contribution in [-0.4, -0.2) is 61.1 Å². The van der Waals surface area contributed by atoms with E-state index in [1.165, 1.54) is 19.2 Å². The van der Waals surface area contributed by atoms with Gasteiger partial charge in [0.15, 0.2) is 0 Å². The average molecular weight is 504 g/mol. The van der Waals surface area contributed by atoms with Gasteiger partial charge in [-0.3, -0.25) is 4.55 Å². The van der Waals surface area contributed by atoms with E-state index in [1.807, 2.05) is 0 Å². The molecule has 1 rings (SSSR count). The van der Waals surface area contributed by atoms with Crippen molar-refractivity contribution in [2.24, 2.45) is 0 Å². The van der Waals surface area contributed by atoms with E-state index in [1.54, 1.807) is 60.6 Å². The second-order valence-electron chi connectivity index (χ2n) is 9.70. The van der Waals surface area contributed by atoms with Crippen LogP contribution >= 0.6 is 0 Å². The number of hydrogen-bond acceptors (Lipinski definition) is 7. The van der Waals surface area contributed by atoms with Gasteiger partial charge in [0.1, 0.15) is 17.0 Å². The molecule has 0 aliphatic rings. The molecule has 0 radical (unpaired) electrons. The van der Waals surface area contributed by atoms with E-state index in [2.05, 4.69) is 5.43 Å². The van der Waals surface area contributed by atoms with Crippen molar-refractivity contribution >= 4 is 28.2 Å². The van der Waals surface area contributed by atoms with Crippen molar-refractivity contribution in [2.45, 2.75) is 78.6 Å². The van der Waals surface area contributed by atoms with Crippen LogP contribution in [-0.2, 0) is 19.8 Å². The SMILES string of the molecule is COc1ccc(N(CCCC(C)N(NC(=O)OC(C)(C)C)C(=O)OC(C)(C)C)S(=O)(=O)O)cc1. The summed E-state index contributed by atoms with van der Waals surface area (Å²) in [7, 11) is -3.05.